The van der Waals surface area contributed by atoms with Crippen LogP contribution < -0.4 is 5.32 Å². The molecule has 1 aromatic rings. The molecular weight excluding hydrogens is 242 g/mol. The lowest BCUT2D eigenvalue weighted by atomic mass is 10.1. The Labute approximate surface area is 116 Å². The van der Waals surface area contributed by atoms with E-state index < -0.39 is 0 Å². The Hall–Kier alpha value is -0.510. The molecule has 2 nitrogen and oxygen atoms in total. The number of nitrogens with one attached hydrogen (secondary N) is 1. The fraction of sp³-hybridized carbons (Fsp3) is 0.600. The van der Waals surface area contributed by atoms with Gasteiger partial charge in [-0.15, -0.1) is 11.8 Å². The van der Waals surface area contributed by atoms with E-state index in [2.05, 4.69) is 37.4 Å². The first-order valence-corrected chi connectivity index (χ1v) is 7.62. The van der Waals surface area contributed by atoms with E-state index >= 15 is 0 Å². The van der Waals surface area contributed by atoms with Crippen LogP contribution in [0.1, 0.15) is 24.0 Å². The van der Waals surface area contributed by atoms with Gasteiger partial charge in [0.1, 0.15) is 0 Å². The highest BCUT2D eigenvalue weighted by molar-refractivity contribution is 7.99. The van der Waals surface area contributed by atoms with Crippen molar-refractivity contribution in [3.63, 3.8) is 0 Å². The van der Waals surface area contributed by atoms with Crippen molar-refractivity contribution in [1.82, 2.24) is 5.32 Å². The Morgan fingerprint density at radius 2 is 1.94 bits per heavy atom. The molecule has 1 rings (SSSR count). The van der Waals surface area contributed by atoms with E-state index in [0.29, 0.717) is 0 Å². The number of unbranched alkanes of at least 4 members (excludes halogenated alkanes) is 1. The van der Waals surface area contributed by atoms with Crippen molar-refractivity contribution in [1.29, 1.82) is 0 Å². The number of hydrogen-bond donors (Lipinski definition) is 1. The lowest BCUT2D eigenvalue weighted by Gasteiger charge is -2.06. The molecule has 0 amide bonds. The lowest BCUT2D eigenvalue weighted by Crippen LogP contribution is -2.20. The zero-order valence-corrected chi connectivity index (χ0v) is 12.6. The summed E-state index contributed by atoms with van der Waals surface area (Å²) in [5, 5.41) is 3.37. The van der Waals surface area contributed by atoms with E-state index in [1.165, 1.54) is 34.6 Å². The average molecular weight is 267 g/mol. The largest absolute Gasteiger partial charge is 0.383 e. The second kappa shape index (κ2) is 9.42. The smallest absolute Gasteiger partial charge is 0.0587 e. The van der Waals surface area contributed by atoms with Crippen molar-refractivity contribution in [2.24, 2.45) is 0 Å². The highest BCUT2D eigenvalue weighted by Crippen LogP contribution is 2.21. The Kier molecular flexibility index (Phi) is 8.14. The summed E-state index contributed by atoms with van der Waals surface area (Å²) >= 11 is 1.96. The minimum absolute atomic E-state index is 0.803. The van der Waals surface area contributed by atoms with Gasteiger partial charge in [-0.25, -0.2) is 0 Å². The molecule has 0 saturated heterocycles. The Morgan fingerprint density at radius 1 is 1.11 bits per heavy atom. The molecule has 1 N–H and O–H groups in total. The molecule has 0 aliphatic heterocycles. The number of aryl methyl sites for hydroxylation is 2. The molecule has 0 spiro atoms. The first-order chi connectivity index (χ1) is 8.74. The van der Waals surface area contributed by atoms with Crippen LogP contribution in [0.3, 0.4) is 0 Å². The summed E-state index contributed by atoms with van der Waals surface area (Å²) in [6.45, 7) is 7.20. The monoisotopic (exact) mass is 267 g/mol. The van der Waals surface area contributed by atoms with E-state index in [-0.39, 0.29) is 0 Å². The van der Waals surface area contributed by atoms with Crippen molar-refractivity contribution in [3.05, 3.63) is 29.3 Å². The van der Waals surface area contributed by atoms with Gasteiger partial charge in [0.25, 0.3) is 0 Å². The number of benzene rings is 1. The minimum atomic E-state index is 0.803. The summed E-state index contributed by atoms with van der Waals surface area (Å²) in [5.74, 6) is 1.20. The lowest BCUT2D eigenvalue weighted by molar-refractivity contribution is 0.199. The number of ether oxygens (including phenoxy) is 1. The van der Waals surface area contributed by atoms with Crippen LogP contribution in [0.25, 0.3) is 0 Å². The predicted octanol–water partition coefficient (Wildman–Crippen LogP) is 3.41. The van der Waals surface area contributed by atoms with E-state index in [4.69, 9.17) is 4.74 Å². The normalized spacial score (nSPS) is 10.8. The Balaban J connectivity index is 2.05. The fourth-order valence-electron chi connectivity index (χ4n) is 1.65. The number of rotatable bonds is 9. The van der Waals surface area contributed by atoms with Gasteiger partial charge in [-0.3, -0.25) is 0 Å². The third-order valence-electron chi connectivity index (χ3n) is 2.98. The highest BCUT2D eigenvalue weighted by atomic mass is 32.2. The maximum atomic E-state index is 4.98. The van der Waals surface area contributed by atoms with E-state index in [1.807, 2.05) is 11.8 Å². The van der Waals surface area contributed by atoms with Crippen LogP contribution in [0.4, 0.5) is 0 Å². The molecule has 0 bridgehead atoms. The van der Waals surface area contributed by atoms with Crippen molar-refractivity contribution < 1.29 is 4.74 Å². The predicted molar refractivity (Wildman–Crippen MR) is 80.6 cm³/mol. The van der Waals surface area contributed by atoms with Crippen LogP contribution in [0.2, 0.25) is 0 Å². The van der Waals surface area contributed by atoms with Crippen LogP contribution >= 0.6 is 11.8 Å². The molecule has 0 aromatic heterocycles. The van der Waals surface area contributed by atoms with Gasteiger partial charge in [0.05, 0.1) is 6.61 Å². The van der Waals surface area contributed by atoms with E-state index in [0.717, 1.165) is 19.7 Å². The molecule has 0 aliphatic rings. The maximum Gasteiger partial charge on any atom is 0.0587 e. The van der Waals surface area contributed by atoms with Gasteiger partial charge in [0.15, 0.2) is 0 Å². The van der Waals surface area contributed by atoms with Crippen LogP contribution in [-0.2, 0) is 4.74 Å². The summed E-state index contributed by atoms with van der Waals surface area (Å²) in [4.78, 5) is 1.39. The molecular formula is C15H25NOS. The second-order valence-electron chi connectivity index (χ2n) is 4.54. The van der Waals surface area contributed by atoms with E-state index in [9.17, 15) is 0 Å². The summed E-state index contributed by atoms with van der Waals surface area (Å²) in [6.07, 6.45) is 2.50. The summed E-state index contributed by atoms with van der Waals surface area (Å²) in [6, 6.07) is 6.73. The van der Waals surface area contributed by atoms with Gasteiger partial charge in [-0.2, -0.15) is 0 Å². The molecule has 0 heterocycles. The molecule has 18 heavy (non-hydrogen) atoms. The molecule has 0 fully saturated rings. The quantitative estimate of drug-likeness (QED) is 0.547. The zero-order chi connectivity index (χ0) is 13.2. The van der Waals surface area contributed by atoms with Gasteiger partial charge in [-0.05, 0) is 62.2 Å². The molecule has 3 heteroatoms. The van der Waals surface area contributed by atoms with Gasteiger partial charge < -0.3 is 10.1 Å². The Morgan fingerprint density at radius 3 is 2.67 bits per heavy atom. The topological polar surface area (TPSA) is 21.3 Å². The Bertz CT molecular complexity index is 341. The molecule has 0 saturated carbocycles. The molecule has 0 atom stereocenters. The van der Waals surface area contributed by atoms with Crippen molar-refractivity contribution in [2.75, 3.05) is 32.6 Å². The average Bonchev–Trinajstić information content (AvgIpc) is 2.37. The molecule has 102 valence electrons. The van der Waals surface area contributed by atoms with Crippen molar-refractivity contribution in [3.8, 4) is 0 Å². The first kappa shape index (κ1) is 15.5. The van der Waals surface area contributed by atoms with Gasteiger partial charge in [-0.1, -0.05) is 6.07 Å². The standard InChI is InChI=1S/C15H25NOS/c1-13-6-7-15(12-14(13)2)18-11-5-4-8-16-9-10-17-3/h6-7,12,16H,4-5,8-11H2,1-3H3. The van der Waals surface area contributed by atoms with Crippen molar-refractivity contribution >= 4 is 11.8 Å². The third-order valence-corrected chi connectivity index (χ3v) is 4.06. The summed E-state index contributed by atoms with van der Waals surface area (Å²) < 4.78 is 4.98. The molecule has 0 aliphatic carbocycles. The second-order valence-corrected chi connectivity index (χ2v) is 5.71. The van der Waals surface area contributed by atoms with Crippen LogP contribution in [0.15, 0.2) is 23.1 Å². The molecule has 0 radical (unpaired) electrons. The highest BCUT2D eigenvalue weighted by Gasteiger charge is 1.97. The van der Waals surface area contributed by atoms with Crippen LogP contribution in [-0.4, -0.2) is 32.6 Å². The maximum absolute atomic E-state index is 4.98. The van der Waals surface area contributed by atoms with Crippen LogP contribution in [0.5, 0.6) is 0 Å². The van der Waals surface area contributed by atoms with E-state index in [1.54, 1.807) is 7.11 Å². The zero-order valence-electron chi connectivity index (χ0n) is 11.8. The fourth-order valence-corrected chi connectivity index (χ4v) is 2.65. The summed E-state index contributed by atoms with van der Waals surface area (Å²) in [5.41, 5.74) is 2.77. The first-order valence-electron chi connectivity index (χ1n) is 6.63. The molecule has 1 aromatic carbocycles. The number of hydrogen-bond acceptors (Lipinski definition) is 3. The van der Waals surface area contributed by atoms with Gasteiger partial charge in [0, 0.05) is 18.6 Å². The number of thioether (sulfide) groups is 1. The third kappa shape index (κ3) is 6.43. The number of methoxy groups -OCH3 is 1. The minimum Gasteiger partial charge on any atom is -0.383 e. The van der Waals surface area contributed by atoms with Gasteiger partial charge >= 0.3 is 0 Å². The van der Waals surface area contributed by atoms with Gasteiger partial charge in [0.2, 0.25) is 0 Å². The summed E-state index contributed by atoms with van der Waals surface area (Å²) in [7, 11) is 1.74. The van der Waals surface area contributed by atoms with Crippen LogP contribution in [0, 0.1) is 13.8 Å². The SMILES string of the molecule is COCCNCCCCSc1ccc(C)c(C)c1. The van der Waals surface area contributed by atoms with Crippen molar-refractivity contribution in [2.45, 2.75) is 31.6 Å². The molecule has 0 unspecified atom stereocenters.